The molecule has 1 atom stereocenters. The molecule has 1 heterocycles. The van der Waals surface area contributed by atoms with E-state index in [1.807, 2.05) is 0 Å². The minimum absolute atomic E-state index is 0. The largest absolute Gasteiger partial charge is 0.496 e. The first-order valence-electron chi connectivity index (χ1n) is 8.46. The lowest BCUT2D eigenvalue weighted by molar-refractivity contribution is -0.134. The van der Waals surface area contributed by atoms with Gasteiger partial charge >= 0.3 is 0 Å². The highest BCUT2D eigenvalue weighted by molar-refractivity contribution is 7.90. The van der Waals surface area contributed by atoms with Crippen LogP contribution in [-0.2, 0) is 21.2 Å². The van der Waals surface area contributed by atoms with E-state index in [0.29, 0.717) is 38.5 Å². The predicted molar refractivity (Wildman–Crippen MR) is 112 cm³/mol. The molecule has 1 amide bonds. The molecular formula is C17H28Cl2FN3O4S. The predicted octanol–water partition coefficient (Wildman–Crippen LogP) is 1.08. The SMILES string of the molecule is COc1ccc(F)cc1CN1CCN(C(=O)C(N)CCS(C)(=O)=O)CC1.Cl.Cl. The molecule has 2 N–H and O–H groups in total. The summed E-state index contributed by atoms with van der Waals surface area (Å²) in [4.78, 5) is 16.1. The highest BCUT2D eigenvalue weighted by Gasteiger charge is 2.26. The average Bonchev–Trinajstić information content (AvgIpc) is 2.59. The molecule has 0 spiro atoms. The Kier molecular flexibility index (Phi) is 11.3. The minimum Gasteiger partial charge on any atom is -0.496 e. The van der Waals surface area contributed by atoms with Crippen molar-refractivity contribution in [3.8, 4) is 5.75 Å². The number of rotatable bonds is 7. The van der Waals surface area contributed by atoms with E-state index < -0.39 is 15.9 Å². The normalized spacial score (nSPS) is 15.9. The maximum atomic E-state index is 13.5. The molecular weight excluding hydrogens is 432 g/mol. The van der Waals surface area contributed by atoms with Gasteiger partial charge in [0.2, 0.25) is 5.91 Å². The maximum absolute atomic E-state index is 13.5. The molecule has 7 nitrogen and oxygen atoms in total. The standard InChI is InChI=1S/C17H26FN3O4S.2ClH/c1-25-16-4-3-14(18)11-13(16)12-20-6-8-21(9-7-20)17(22)15(19)5-10-26(2,23)24;;/h3-4,11,15H,5-10,12,19H2,1-2H3;2*1H. The van der Waals surface area contributed by atoms with Crippen LogP contribution in [0.4, 0.5) is 4.39 Å². The summed E-state index contributed by atoms with van der Waals surface area (Å²) in [6, 6.07) is 3.61. The molecule has 162 valence electrons. The molecule has 0 aliphatic carbocycles. The Morgan fingerprint density at radius 2 is 1.86 bits per heavy atom. The van der Waals surface area contributed by atoms with E-state index in [4.69, 9.17) is 10.5 Å². The highest BCUT2D eigenvalue weighted by Crippen LogP contribution is 2.21. The second-order valence-electron chi connectivity index (χ2n) is 6.58. The summed E-state index contributed by atoms with van der Waals surface area (Å²) >= 11 is 0. The molecule has 1 aliphatic rings. The molecule has 0 saturated carbocycles. The Balaban J connectivity index is 0.00000364. The van der Waals surface area contributed by atoms with E-state index in [9.17, 15) is 17.6 Å². The fraction of sp³-hybridized carbons (Fsp3) is 0.588. The summed E-state index contributed by atoms with van der Waals surface area (Å²) in [5, 5.41) is 0. The van der Waals surface area contributed by atoms with Gasteiger partial charge in [0.15, 0.2) is 0 Å². The number of carbonyl (C=O) groups is 1. The van der Waals surface area contributed by atoms with Crippen molar-refractivity contribution in [3.05, 3.63) is 29.6 Å². The van der Waals surface area contributed by atoms with Gasteiger partial charge in [-0.05, 0) is 24.6 Å². The van der Waals surface area contributed by atoms with E-state index in [-0.39, 0.29) is 48.7 Å². The maximum Gasteiger partial charge on any atom is 0.239 e. The highest BCUT2D eigenvalue weighted by atomic mass is 35.5. The smallest absolute Gasteiger partial charge is 0.239 e. The second-order valence-corrected chi connectivity index (χ2v) is 8.84. The Labute approximate surface area is 178 Å². The first kappa shape index (κ1) is 26.9. The van der Waals surface area contributed by atoms with Crippen LogP contribution >= 0.6 is 24.8 Å². The van der Waals surface area contributed by atoms with E-state index in [1.165, 1.54) is 12.1 Å². The zero-order valence-electron chi connectivity index (χ0n) is 16.0. The first-order chi connectivity index (χ1) is 12.2. The van der Waals surface area contributed by atoms with Gasteiger partial charge < -0.3 is 15.4 Å². The summed E-state index contributed by atoms with van der Waals surface area (Å²) in [5.74, 6) is -0.00464. The van der Waals surface area contributed by atoms with Crippen molar-refractivity contribution < 1.29 is 22.3 Å². The number of benzene rings is 1. The van der Waals surface area contributed by atoms with Crippen LogP contribution in [0.1, 0.15) is 12.0 Å². The van der Waals surface area contributed by atoms with Crippen LogP contribution in [0.15, 0.2) is 18.2 Å². The lowest BCUT2D eigenvalue weighted by Crippen LogP contribution is -2.53. The molecule has 0 bridgehead atoms. The van der Waals surface area contributed by atoms with Crippen LogP contribution < -0.4 is 10.5 Å². The van der Waals surface area contributed by atoms with Crippen LogP contribution in [0, 0.1) is 5.82 Å². The quantitative estimate of drug-likeness (QED) is 0.655. The average molecular weight is 460 g/mol. The van der Waals surface area contributed by atoms with Crippen molar-refractivity contribution in [3.63, 3.8) is 0 Å². The third-order valence-corrected chi connectivity index (χ3v) is 5.41. The zero-order valence-corrected chi connectivity index (χ0v) is 18.4. The van der Waals surface area contributed by atoms with Crippen molar-refractivity contribution >= 4 is 40.6 Å². The lowest BCUT2D eigenvalue weighted by atomic mass is 10.1. The van der Waals surface area contributed by atoms with Crippen molar-refractivity contribution in [2.45, 2.75) is 19.0 Å². The number of carbonyl (C=O) groups excluding carboxylic acids is 1. The second kappa shape index (κ2) is 11.8. The number of piperazine rings is 1. The van der Waals surface area contributed by atoms with Crippen molar-refractivity contribution in [2.24, 2.45) is 5.73 Å². The molecule has 11 heteroatoms. The first-order valence-corrected chi connectivity index (χ1v) is 10.5. The lowest BCUT2D eigenvalue weighted by Gasteiger charge is -2.36. The molecule has 0 aromatic heterocycles. The molecule has 1 aromatic carbocycles. The van der Waals surface area contributed by atoms with Gasteiger partial charge in [-0.2, -0.15) is 0 Å². The molecule has 2 rings (SSSR count). The summed E-state index contributed by atoms with van der Waals surface area (Å²) in [6.45, 7) is 2.80. The zero-order chi connectivity index (χ0) is 19.3. The van der Waals surface area contributed by atoms with Crippen molar-refractivity contribution in [1.82, 2.24) is 9.80 Å². The van der Waals surface area contributed by atoms with E-state index in [2.05, 4.69) is 4.90 Å². The van der Waals surface area contributed by atoms with Gasteiger partial charge in [-0.25, -0.2) is 12.8 Å². The number of hydrogen-bond acceptors (Lipinski definition) is 6. The number of amides is 1. The Morgan fingerprint density at radius 1 is 1.25 bits per heavy atom. The Bertz CT molecular complexity index is 744. The van der Waals surface area contributed by atoms with Gasteiger partial charge in [0.1, 0.15) is 21.4 Å². The molecule has 0 radical (unpaired) electrons. The number of sulfone groups is 1. The fourth-order valence-electron chi connectivity index (χ4n) is 2.94. The Hall–Kier alpha value is -1.13. The van der Waals surface area contributed by atoms with Gasteiger partial charge in [0.05, 0.1) is 18.9 Å². The third kappa shape index (κ3) is 8.08. The summed E-state index contributed by atoms with van der Waals surface area (Å²) in [7, 11) is -1.59. The van der Waals surface area contributed by atoms with Crippen LogP contribution in [0.3, 0.4) is 0 Å². The van der Waals surface area contributed by atoms with Crippen LogP contribution in [0.25, 0.3) is 0 Å². The van der Waals surface area contributed by atoms with Crippen LogP contribution in [0.5, 0.6) is 5.75 Å². The van der Waals surface area contributed by atoms with Crippen molar-refractivity contribution in [1.29, 1.82) is 0 Å². The molecule has 28 heavy (non-hydrogen) atoms. The van der Waals surface area contributed by atoms with Crippen LogP contribution in [0.2, 0.25) is 0 Å². The van der Waals surface area contributed by atoms with Crippen LogP contribution in [-0.4, -0.2) is 75.5 Å². The van der Waals surface area contributed by atoms with E-state index >= 15 is 0 Å². The molecule has 1 fully saturated rings. The fourth-order valence-corrected chi connectivity index (χ4v) is 3.62. The third-order valence-electron chi connectivity index (χ3n) is 4.44. The summed E-state index contributed by atoms with van der Waals surface area (Å²) < 4.78 is 41.1. The van der Waals surface area contributed by atoms with Gasteiger partial charge in [0, 0.05) is 44.5 Å². The monoisotopic (exact) mass is 459 g/mol. The number of nitrogens with two attached hydrogens (primary N) is 1. The molecule has 1 aliphatic heterocycles. The van der Waals surface area contributed by atoms with Gasteiger partial charge in [-0.3, -0.25) is 9.69 Å². The van der Waals surface area contributed by atoms with E-state index in [1.54, 1.807) is 18.1 Å². The molecule has 1 unspecified atom stereocenters. The van der Waals surface area contributed by atoms with Crippen molar-refractivity contribution in [2.75, 3.05) is 45.3 Å². The number of methoxy groups -OCH3 is 1. The van der Waals surface area contributed by atoms with E-state index in [0.717, 1.165) is 11.8 Å². The number of ether oxygens (including phenoxy) is 1. The number of nitrogens with zero attached hydrogens (tertiary/aromatic N) is 2. The van der Waals surface area contributed by atoms with Gasteiger partial charge in [-0.15, -0.1) is 24.8 Å². The summed E-state index contributed by atoms with van der Waals surface area (Å²) in [5.41, 5.74) is 6.60. The Morgan fingerprint density at radius 3 is 2.39 bits per heavy atom. The molecule has 1 saturated heterocycles. The number of hydrogen-bond donors (Lipinski definition) is 1. The van der Waals surface area contributed by atoms with Gasteiger partial charge in [-0.1, -0.05) is 0 Å². The molecule has 1 aromatic rings. The number of halogens is 3. The minimum atomic E-state index is -3.14. The summed E-state index contributed by atoms with van der Waals surface area (Å²) in [6.07, 6.45) is 1.25. The topological polar surface area (TPSA) is 92.9 Å². The van der Waals surface area contributed by atoms with Gasteiger partial charge in [0.25, 0.3) is 0 Å².